The second-order valence-electron chi connectivity index (χ2n) is 5.97. The zero-order chi connectivity index (χ0) is 16.2. The fraction of sp³-hybridized carbons (Fsp3) is 0.625. The predicted molar refractivity (Wildman–Crippen MR) is 81.4 cm³/mol. The maximum Gasteiger partial charge on any atom is 0.255 e. The number of furan rings is 1. The van der Waals surface area contributed by atoms with Crippen LogP contribution in [0.1, 0.15) is 42.3 Å². The Hall–Kier alpha value is -1.82. The molecule has 122 valence electrons. The van der Waals surface area contributed by atoms with E-state index >= 15 is 0 Å². The van der Waals surface area contributed by atoms with Crippen LogP contribution in [0, 0.1) is 12.3 Å². The molecule has 2 N–H and O–H groups in total. The molecule has 2 amide bonds. The molecule has 0 aromatic carbocycles. The van der Waals surface area contributed by atoms with E-state index in [1.807, 2.05) is 0 Å². The van der Waals surface area contributed by atoms with E-state index in [2.05, 4.69) is 12.2 Å². The van der Waals surface area contributed by atoms with Gasteiger partial charge in [-0.25, -0.2) is 0 Å². The standard InChI is InChI=1S/C16H24N2O4/c1-3-16(11-19)5-7-18(8-6-16)14(20)10-17-15(21)13-4-9-22-12(13)2/h4,9,19H,3,5-8,10-11H2,1-2H3,(H,17,21). The normalized spacial score (nSPS) is 17.3. The summed E-state index contributed by atoms with van der Waals surface area (Å²) in [5.74, 6) is 0.158. The summed E-state index contributed by atoms with van der Waals surface area (Å²) in [7, 11) is 0. The van der Waals surface area contributed by atoms with Crippen molar-refractivity contribution in [3.8, 4) is 0 Å². The molecule has 6 nitrogen and oxygen atoms in total. The van der Waals surface area contributed by atoms with Crippen LogP contribution in [0.5, 0.6) is 0 Å². The van der Waals surface area contributed by atoms with Gasteiger partial charge in [-0.05, 0) is 37.7 Å². The van der Waals surface area contributed by atoms with Gasteiger partial charge in [0, 0.05) is 19.7 Å². The zero-order valence-electron chi connectivity index (χ0n) is 13.2. The molecule has 0 bridgehead atoms. The molecule has 1 aliphatic heterocycles. The van der Waals surface area contributed by atoms with Crippen LogP contribution in [0.15, 0.2) is 16.7 Å². The number of likely N-dealkylation sites (tertiary alicyclic amines) is 1. The summed E-state index contributed by atoms with van der Waals surface area (Å²) in [5.41, 5.74) is 0.408. The average Bonchev–Trinajstić information content (AvgIpc) is 2.98. The van der Waals surface area contributed by atoms with Gasteiger partial charge < -0.3 is 19.7 Å². The molecule has 6 heteroatoms. The van der Waals surface area contributed by atoms with Crippen molar-refractivity contribution in [2.24, 2.45) is 5.41 Å². The molecule has 1 saturated heterocycles. The van der Waals surface area contributed by atoms with Crippen molar-refractivity contribution in [1.82, 2.24) is 10.2 Å². The first-order valence-electron chi connectivity index (χ1n) is 7.72. The number of carbonyl (C=O) groups is 2. The number of amides is 2. The fourth-order valence-electron chi connectivity index (χ4n) is 2.84. The van der Waals surface area contributed by atoms with Gasteiger partial charge in [-0.15, -0.1) is 0 Å². The van der Waals surface area contributed by atoms with Crippen LogP contribution in [-0.2, 0) is 4.79 Å². The molecule has 22 heavy (non-hydrogen) atoms. The van der Waals surface area contributed by atoms with E-state index in [1.165, 1.54) is 6.26 Å². The van der Waals surface area contributed by atoms with Gasteiger partial charge in [0.05, 0.1) is 18.4 Å². The predicted octanol–water partition coefficient (Wildman–Crippen LogP) is 1.33. The van der Waals surface area contributed by atoms with Crippen molar-refractivity contribution < 1.29 is 19.1 Å². The number of nitrogens with one attached hydrogen (secondary N) is 1. The largest absolute Gasteiger partial charge is 0.469 e. The van der Waals surface area contributed by atoms with Gasteiger partial charge in [0.25, 0.3) is 5.91 Å². The topological polar surface area (TPSA) is 82.8 Å². The number of carbonyl (C=O) groups excluding carboxylic acids is 2. The van der Waals surface area contributed by atoms with Crippen molar-refractivity contribution in [1.29, 1.82) is 0 Å². The molecular weight excluding hydrogens is 284 g/mol. The van der Waals surface area contributed by atoms with Crippen molar-refractivity contribution in [2.75, 3.05) is 26.2 Å². The molecule has 0 radical (unpaired) electrons. The maximum absolute atomic E-state index is 12.2. The third-order valence-electron chi connectivity index (χ3n) is 4.77. The van der Waals surface area contributed by atoms with Gasteiger partial charge in [-0.2, -0.15) is 0 Å². The number of hydrogen-bond donors (Lipinski definition) is 2. The van der Waals surface area contributed by atoms with Gasteiger partial charge in [-0.3, -0.25) is 9.59 Å². The molecule has 1 aromatic rings. The molecule has 1 aromatic heterocycles. The minimum Gasteiger partial charge on any atom is -0.469 e. The van der Waals surface area contributed by atoms with Crippen molar-refractivity contribution in [3.63, 3.8) is 0 Å². The first-order chi connectivity index (χ1) is 10.5. The van der Waals surface area contributed by atoms with Gasteiger partial charge in [-0.1, -0.05) is 6.92 Å². The monoisotopic (exact) mass is 308 g/mol. The Bertz CT molecular complexity index is 524. The minimum atomic E-state index is -0.296. The van der Waals surface area contributed by atoms with Crippen LogP contribution in [-0.4, -0.2) is 48.1 Å². The number of nitrogens with zero attached hydrogens (tertiary/aromatic N) is 1. The summed E-state index contributed by atoms with van der Waals surface area (Å²) >= 11 is 0. The summed E-state index contributed by atoms with van der Waals surface area (Å²) in [6, 6.07) is 1.59. The number of rotatable bonds is 5. The summed E-state index contributed by atoms with van der Waals surface area (Å²) in [5, 5.41) is 12.1. The van der Waals surface area contributed by atoms with E-state index < -0.39 is 0 Å². The Morgan fingerprint density at radius 3 is 2.59 bits per heavy atom. The van der Waals surface area contributed by atoms with Crippen molar-refractivity contribution >= 4 is 11.8 Å². The number of hydrogen-bond acceptors (Lipinski definition) is 4. The SMILES string of the molecule is CCC1(CO)CCN(C(=O)CNC(=O)c2ccoc2C)CC1. The highest BCUT2D eigenvalue weighted by Gasteiger charge is 2.33. The van der Waals surface area contributed by atoms with Gasteiger partial charge in [0.2, 0.25) is 5.91 Å². The first-order valence-corrected chi connectivity index (χ1v) is 7.72. The lowest BCUT2D eigenvalue weighted by molar-refractivity contribution is -0.133. The minimum absolute atomic E-state index is 0.0122. The molecule has 0 spiro atoms. The molecule has 0 atom stereocenters. The van der Waals surface area contributed by atoms with Gasteiger partial charge in [0.15, 0.2) is 0 Å². The number of aryl methyl sites for hydroxylation is 1. The fourth-order valence-corrected chi connectivity index (χ4v) is 2.84. The molecule has 0 saturated carbocycles. The van der Waals surface area contributed by atoms with Crippen molar-refractivity contribution in [3.05, 3.63) is 23.7 Å². The molecule has 2 heterocycles. The van der Waals surface area contributed by atoms with Crippen LogP contribution in [0.3, 0.4) is 0 Å². The van der Waals surface area contributed by atoms with Crippen LogP contribution >= 0.6 is 0 Å². The Morgan fingerprint density at radius 2 is 2.09 bits per heavy atom. The molecule has 2 rings (SSSR count). The summed E-state index contributed by atoms with van der Waals surface area (Å²) in [6.07, 6.45) is 3.99. The quantitative estimate of drug-likeness (QED) is 0.859. The lowest BCUT2D eigenvalue weighted by Gasteiger charge is -2.40. The number of piperidine rings is 1. The van der Waals surface area contributed by atoms with E-state index in [9.17, 15) is 14.7 Å². The number of aliphatic hydroxyl groups excluding tert-OH is 1. The second-order valence-corrected chi connectivity index (χ2v) is 5.97. The zero-order valence-corrected chi connectivity index (χ0v) is 13.2. The van der Waals surface area contributed by atoms with E-state index in [1.54, 1.807) is 17.9 Å². The molecule has 0 aliphatic carbocycles. The van der Waals surface area contributed by atoms with Gasteiger partial charge in [0.1, 0.15) is 5.76 Å². The van der Waals surface area contributed by atoms with Crippen LogP contribution in [0.2, 0.25) is 0 Å². The third-order valence-corrected chi connectivity index (χ3v) is 4.77. The Balaban J connectivity index is 1.82. The Kier molecular flexibility index (Phi) is 5.24. The highest BCUT2D eigenvalue weighted by atomic mass is 16.3. The Labute approximate surface area is 130 Å². The van der Waals surface area contributed by atoms with Gasteiger partial charge >= 0.3 is 0 Å². The molecule has 1 aliphatic rings. The molecular formula is C16H24N2O4. The maximum atomic E-state index is 12.2. The van der Waals surface area contributed by atoms with Crippen LogP contribution in [0.4, 0.5) is 0 Å². The summed E-state index contributed by atoms with van der Waals surface area (Å²) in [6.45, 7) is 5.20. The molecule has 0 unspecified atom stereocenters. The number of aliphatic hydroxyl groups is 1. The van der Waals surface area contributed by atoms with Crippen molar-refractivity contribution in [2.45, 2.75) is 33.1 Å². The summed E-state index contributed by atoms with van der Waals surface area (Å²) < 4.78 is 5.08. The highest BCUT2D eigenvalue weighted by Crippen LogP contribution is 2.34. The van der Waals surface area contributed by atoms with E-state index in [-0.39, 0.29) is 30.4 Å². The first kappa shape index (κ1) is 16.5. The third kappa shape index (κ3) is 3.50. The van der Waals surface area contributed by atoms with E-state index in [0.29, 0.717) is 24.4 Å². The molecule has 1 fully saturated rings. The van der Waals surface area contributed by atoms with Crippen LogP contribution < -0.4 is 5.32 Å². The van der Waals surface area contributed by atoms with Crippen LogP contribution in [0.25, 0.3) is 0 Å². The Morgan fingerprint density at radius 1 is 1.41 bits per heavy atom. The lowest BCUT2D eigenvalue weighted by atomic mass is 9.77. The highest BCUT2D eigenvalue weighted by molar-refractivity contribution is 5.97. The second kappa shape index (κ2) is 6.96. The lowest BCUT2D eigenvalue weighted by Crippen LogP contribution is -2.47. The van der Waals surface area contributed by atoms with E-state index in [4.69, 9.17) is 4.42 Å². The van der Waals surface area contributed by atoms with E-state index in [0.717, 1.165) is 19.3 Å². The summed E-state index contributed by atoms with van der Waals surface area (Å²) in [4.78, 5) is 25.9. The smallest absolute Gasteiger partial charge is 0.255 e. The average molecular weight is 308 g/mol.